The molecule has 2 saturated carbocycles. The van der Waals surface area contributed by atoms with Crippen LogP contribution in [0.4, 0.5) is 0 Å². The Balaban J connectivity index is 1.84. The van der Waals surface area contributed by atoms with E-state index in [1.807, 2.05) is 0 Å². The van der Waals surface area contributed by atoms with Crippen LogP contribution < -0.4 is 11.1 Å². The van der Waals surface area contributed by atoms with Crippen LogP contribution in [0.2, 0.25) is 0 Å². The monoisotopic (exact) mass is 268 g/mol. The smallest absolute Gasteiger partial charge is 0.235 e. The molecule has 1 amide bonds. The molecule has 5 heteroatoms. The zero-order valence-electron chi connectivity index (χ0n) is 12.5. The highest BCUT2D eigenvalue weighted by Gasteiger charge is 2.40. The summed E-state index contributed by atoms with van der Waals surface area (Å²) in [6.45, 7) is 1.72. The minimum absolute atomic E-state index is 0.211. The summed E-state index contributed by atoms with van der Waals surface area (Å²) < 4.78 is 0. The number of hydrogen-bond acceptors (Lipinski definition) is 4. The van der Waals surface area contributed by atoms with Gasteiger partial charge in [-0.25, -0.2) is 0 Å². The van der Waals surface area contributed by atoms with E-state index >= 15 is 0 Å². The maximum absolute atomic E-state index is 11.5. The average Bonchev–Trinajstić information content (AvgIpc) is 3.05. The first-order valence-electron chi connectivity index (χ1n) is 7.34. The zero-order valence-corrected chi connectivity index (χ0v) is 12.5. The van der Waals surface area contributed by atoms with Crippen molar-refractivity contribution in [2.45, 2.75) is 49.7 Å². The summed E-state index contributed by atoms with van der Waals surface area (Å²) >= 11 is 0. The second-order valence-corrected chi connectivity index (χ2v) is 6.56. The molecule has 3 N–H and O–H groups in total. The number of carbonyl (C=O) groups excluding carboxylic acids is 1. The quantitative estimate of drug-likeness (QED) is 0.651. The molecule has 2 aliphatic rings. The molecule has 0 aromatic heterocycles. The van der Waals surface area contributed by atoms with E-state index in [4.69, 9.17) is 5.73 Å². The van der Waals surface area contributed by atoms with Crippen molar-refractivity contribution in [1.82, 2.24) is 15.1 Å². The predicted molar refractivity (Wildman–Crippen MR) is 76.9 cm³/mol. The molecule has 2 aliphatic carbocycles. The first-order valence-corrected chi connectivity index (χ1v) is 7.34. The van der Waals surface area contributed by atoms with Gasteiger partial charge in [-0.2, -0.15) is 0 Å². The molecule has 0 aromatic carbocycles. The number of nitrogens with zero attached hydrogens (tertiary/aromatic N) is 2. The summed E-state index contributed by atoms with van der Waals surface area (Å²) in [5.74, 6) is -0.230. The summed E-state index contributed by atoms with van der Waals surface area (Å²) in [6, 6.07) is 0.300. The Labute approximate surface area is 116 Å². The minimum Gasteiger partial charge on any atom is -0.368 e. The number of hydrogen-bond donors (Lipinski definition) is 2. The first-order chi connectivity index (χ1) is 8.93. The number of rotatable bonds is 8. The highest BCUT2D eigenvalue weighted by Crippen LogP contribution is 2.36. The van der Waals surface area contributed by atoms with Crippen LogP contribution in [-0.4, -0.2) is 67.6 Å². The van der Waals surface area contributed by atoms with Gasteiger partial charge < -0.3 is 20.9 Å². The summed E-state index contributed by atoms with van der Waals surface area (Å²) in [5, 5.41) is 3.34. The fraction of sp³-hybridized carbons (Fsp3) is 0.929. The van der Waals surface area contributed by atoms with E-state index in [-0.39, 0.29) is 11.9 Å². The normalized spacial score (nSPS) is 23.4. The maximum Gasteiger partial charge on any atom is 0.235 e. The zero-order chi connectivity index (χ0) is 14.0. The van der Waals surface area contributed by atoms with Crippen LogP contribution >= 0.6 is 0 Å². The SMILES string of the molecule is CN(CC(NC1CC1)C(N)=O)CC1(N(C)C)CCC1. The third-order valence-corrected chi connectivity index (χ3v) is 4.65. The molecule has 110 valence electrons. The molecule has 0 radical (unpaired) electrons. The fourth-order valence-electron chi connectivity index (χ4n) is 2.97. The van der Waals surface area contributed by atoms with Crippen LogP contribution in [0.15, 0.2) is 0 Å². The Hall–Kier alpha value is -0.650. The number of carbonyl (C=O) groups is 1. The molecule has 0 bridgehead atoms. The summed E-state index contributed by atoms with van der Waals surface area (Å²) in [6.07, 6.45) is 6.17. The van der Waals surface area contributed by atoms with Crippen molar-refractivity contribution in [2.75, 3.05) is 34.2 Å². The molecule has 5 nitrogen and oxygen atoms in total. The summed E-state index contributed by atoms with van der Waals surface area (Å²) in [7, 11) is 6.40. The molecule has 0 heterocycles. The third kappa shape index (κ3) is 3.68. The van der Waals surface area contributed by atoms with E-state index in [9.17, 15) is 4.79 Å². The fourth-order valence-corrected chi connectivity index (χ4v) is 2.97. The highest BCUT2D eigenvalue weighted by atomic mass is 16.1. The Morgan fingerprint density at radius 3 is 2.37 bits per heavy atom. The Bertz CT molecular complexity index is 323. The van der Waals surface area contributed by atoms with Gasteiger partial charge in [0.1, 0.15) is 0 Å². The van der Waals surface area contributed by atoms with E-state index in [1.165, 1.54) is 32.1 Å². The average molecular weight is 268 g/mol. The van der Waals surface area contributed by atoms with Gasteiger partial charge in [-0.05, 0) is 53.2 Å². The van der Waals surface area contributed by atoms with E-state index in [1.54, 1.807) is 0 Å². The standard InChI is InChI=1S/C14H28N4O/c1-17(2)14(7-4-8-14)10-18(3)9-12(13(15)19)16-11-5-6-11/h11-12,16H,4-10H2,1-3H3,(H2,15,19). The minimum atomic E-state index is -0.230. The molecule has 19 heavy (non-hydrogen) atoms. The molecule has 0 aliphatic heterocycles. The van der Waals surface area contributed by atoms with Crippen LogP contribution in [0.1, 0.15) is 32.1 Å². The molecule has 2 fully saturated rings. The number of likely N-dealkylation sites (N-methyl/N-ethyl adjacent to an activating group) is 2. The molecule has 2 rings (SSSR count). The number of primary amides is 1. The number of amides is 1. The van der Waals surface area contributed by atoms with Gasteiger partial charge in [0, 0.05) is 24.7 Å². The lowest BCUT2D eigenvalue weighted by molar-refractivity contribution is -0.120. The second-order valence-electron chi connectivity index (χ2n) is 6.56. The Kier molecular flexibility index (Phi) is 4.48. The predicted octanol–water partition coefficient (Wildman–Crippen LogP) is 0.00840. The van der Waals surface area contributed by atoms with E-state index in [2.05, 4.69) is 36.3 Å². The lowest BCUT2D eigenvalue weighted by atomic mass is 9.75. The molecule has 1 atom stereocenters. The van der Waals surface area contributed by atoms with Gasteiger partial charge in [-0.15, -0.1) is 0 Å². The van der Waals surface area contributed by atoms with Gasteiger partial charge in [-0.3, -0.25) is 4.79 Å². The van der Waals surface area contributed by atoms with Crippen LogP contribution in [0.25, 0.3) is 0 Å². The van der Waals surface area contributed by atoms with Crippen LogP contribution in [-0.2, 0) is 4.79 Å². The second kappa shape index (κ2) is 5.77. The Morgan fingerprint density at radius 1 is 1.37 bits per heavy atom. The van der Waals surface area contributed by atoms with Crippen LogP contribution in [0.5, 0.6) is 0 Å². The van der Waals surface area contributed by atoms with Crippen molar-refractivity contribution in [3.05, 3.63) is 0 Å². The molecule has 0 saturated heterocycles. The molecule has 0 spiro atoms. The highest BCUT2D eigenvalue weighted by molar-refractivity contribution is 5.80. The third-order valence-electron chi connectivity index (χ3n) is 4.65. The number of nitrogens with one attached hydrogen (secondary N) is 1. The van der Waals surface area contributed by atoms with Crippen LogP contribution in [0.3, 0.4) is 0 Å². The van der Waals surface area contributed by atoms with Crippen molar-refractivity contribution >= 4 is 5.91 Å². The van der Waals surface area contributed by atoms with Crippen molar-refractivity contribution in [3.63, 3.8) is 0 Å². The van der Waals surface area contributed by atoms with E-state index in [0.29, 0.717) is 18.1 Å². The largest absolute Gasteiger partial charge is 0.368 e. The van der Waals surface area contributed by atoms with Crippen molar-refractivity contribution in [1.29, 1.82) is 0 Å². The van der Waals surface area contributed by atoms with E-state index < -0.39 is 0 Å². The van der Waals surface area contributed by atoms with Gasteiger partial charge in [-0.1, -0.05) is 0 Å². The van der Waals surface area contributed by atoms with Gasteiger partial charge >= 0.3 is 0 Å². The topological polar surface area (TPSA) is 61.6 Å². The van der Waals surface area contributed by atoms with Gasteiger partial charge in [0.15, 0.2) is 0 Å². The maximum atomic E-state index is 11.5. The van der Waals surface area contributed by atoms with Crippen molar-refractivity contribution in [2.24, 2.45) is 5.73 Å². The van der Waals surface area contributed by atoms with Crippen molar-refractivity contribution in [3.8, 4) is 0 Å². The molecular formula is C14H28N4O. The number of nitrogens with two attached hydrogens (primary N) is 1. The lowest BCUT2D eigenvalue weighted by Gasteiger charge is -2.49. The molecule has 0 aromatic rings. The van der Waals surface area contributed by atoms with Crippen LogP contribution in [0, 0.1) is 0 Å². The molecule has 1 unspecified atom stereocenters. The summed E-state index contributed by atoms with van der Waals surface area (Å²) in [5.41, 5.74) is 5.79. The van der Waals surface area contributed by atoms with Gasteiger partial charge in [0.25, 0.3) is 0 Å². The van der Waals surface area contributed by atoms with Gasteiger partial charge in [0.2, 0.25) is 5.91 Å². The van der Waals surface area contributed by atoms with Crippen molar-refractivity contribution < 1.29 is 4.79 Å². The molecular weight excluding hydrogens is 240 g/mol. The van der Waals surface area contributed by atoms with Gasteiger partial charge in [0.05, 0.1) is 6.04 Å². The van der Waals surface area contributed by atoms with E-state index in [0.717, 1.165) is 6.54 Å². The lowest BCUT2D eigenvalue weighted by Crippen LogP contribution is -2.58. The summed E-state index contributed by atoms with van der Waals surface area (Å²) in [4.78, 5) is 16.1. The Morgan fingerprint density at radius 2 is 2.00 bits per heavy atom. The first kappa shape index (κ1) is 14.8.